The lowest BCUT2D eigenvalue weighted by Gasteiger charge is -2.14. The van der Waals surface area contributed by atoms with Gasteiger partial charge >= 0.3 is 0 Å². The molecule has 0 aromatic heterocycles. The molecule has 0 unspecified atom stereocenters. The summed E-state index contributed by atoms with van der Waals surface area (Å²) in [5, 5.41) is 12.2. The first kappa shape index (κ1) is 14.3. The Morgan fingerprint density at radius 2 is 2.17 bits per heavy atom. The van der Waals surface area contributed by atoms with Crippen LogP contribution in [0.4, 0.5) is 5.69 Å². The predicted molar refractivity (Wildman–Crippen MR) is 70.7 cm³/mol. The van der Waals surface area contributed by atoms with E-state index in [2.05, 4.69) is 5.32 Å². The Hall–Kier alpha value is -1.75. The Morgan fingerprint density at radius 1 is 1.50 bits per heavy atom. The number of aromatic hydroxyl groups is 1. The van der Waals surface area contributed by atoms with Gasteiger partial charge in [0, 0.05) is 11.8 Å². The topological polar surface area (TPSA) is 84.6 Å². The summed E-state index contributed by atoms with van der Waals surface area (Å²) < 4.78 is 4.92. The fourth-order valence-corrected chi connectivity index (χ4v) is 1.62. The van der Waals surface area contributed by atoms with Gasteiger partial charge in [-0.25, -0.2) is 0 Å². The molecule has 5 nitrogen and oxygen atoms in total. The summed E-state index contributed by atoms with van der Waals surface area (Å²) in [4.78, 5) is 11.8. The van der Waals surface area contributed by atoms with Gasteiger partial charge in [0.2, 0.25) is 5.91 Å². The summed E-state index contributed by atoms with van der Waals surface area (Å²) in [5.74, 6) is 0.440. The first-order valence-electron chi connectivity index (χ1n) is 5.87. The van der Waals surface area contributed by atoms with Crippen LogP contribution in [0.2, 0.25) is 0 Å². The summed E-state index contributed by atoms with van der Waals surface area (Å²) in [5.41, 5.74) is 6.26. The van der Waals surface area contributed by atoms with Gasteiger partial charge in [0.1, 0.15) is 0 Å². The number of rotatable bonds is 5. The average molecular weight is 252 g/mol. The van der Waals surface area contributed by atoms with Crippen molar-refractivity contribution in [2.45, 2.75) is 26.3 Å². The molecule has 0 saturated carbocycles. The number of nitrogens with one attached hydrogen (secondary N) is 1. The highest BCUT2D eigenvalue weighted by Crippen LogP contribution is 2.28. The van der Waals surface area contributed by atoms with E-state index in [9.17, 15) is 9.90 Å². The van der Waals surface area contributed by atoms with Gasteiger partial charge in [-0.1, -0.05) is 13.8 Å². The molecule has 1 aromatic carbocycles. The maximum absolute atomic E-state index is 11.8. The second kappa shape index (κ2) is 6.26. The lowest BCUT2D eigenvalue weighted by Crippen LogP contribution is -2.36. The van der Waals surface area contributed by atoms with Gasteiger partial charge < -0.3 is 20.9 Å². The average Bonchev–Trinajstić information content (AvgIpc) is 2.28. The molecule has 0 heterocycles. The molecule has 0 aliphatic heterocycles. The summed E-state index contributed by atoms with van der Waals surface area (Å²) in [6, 6.07) is 4.12. The zero-order chi connectivity index (χ0) is 13.7. The largest absolute Gasteiger partial charge is 0.504 e. The SMILES string of the molecule is COc1ccc(NC(=O)[C@@H](N)CC(C)C)cc1O. The summed E-state index contributed by atoms with van der Waals surface area (Å²) in [6.07, 6.45) is 0.619. The number of benzene rings is 1. The number of carbonyl (C=O) groups excluding carboxylic acids is 1. The minimum atomic E-state index is -0.547. The van der Waals surface area contributed by atoms with E-state index in [4.69, 9.17) is 10.5 Å². The van der Waals surface area contributed by atoms with Crippen LogP contribution in [0, 0.1) is 5.92 Å². The lowest BCUT2D eigenvalue weighted by atomic mass is 10.0. The number of carbonyl (C=O) groups is 1. The van der Waals surface area contributed by atoms with Crippen LogP contribution in [-0.4, -0.2) is 24.2 Å². The molecular formula is C13H20N2O3. The number of hydrogen-bond donors (Lipinski definition) is 3. The van der Waals surface area contributed by atoms with Crippen molar-refractivity contribution in [3.63, 3.8) is 0 Å². The Bertz CT molecular complexity index is 419. The Balaban J connectivity index is 2.67. The zero-order valence-corrected chi connectivity index (χ0v) is 10.9. The number of hydrogen-bond acceptors (Lipinski definition) is 4. The van der Waals surface area contributed by atoms with Crippen molar-refractivity contribution < 1.29 is 14.6 Å². The Morgan fingerprint density at radius 3 is 2.67 bits per heavy atom. The van der Waals surface area contributed by atoms with E-state index in [-0.39, 0.29) is 11.7 Å². The van der Waals surface area contributed by atoms with Crippen molar-refractivity contribution in [3.8, 4) is 11.5 Å². The number of amides is 1. The van der Waals surface area contributed by atoms with E-state index in [1.165, 1.54) is 13.2 Å². The number of anilines is 1. The van der Waals surface area contributed by atoms with Crippen LogP contribution in [0.5, 0.6) is 11.5 Å². The molecule has 1 amide bonds. The number of nitrogens with two attached hydrogens (primary N) is 1. The van der Waals surface area contributed by atoms with E-state index in [1.807, 2.05) is 13.8 Å². The van der Waals surface area contributed by atoms with E-state index in [1.54, 1.807) is 12.1 Å². The molecule has 0 bridgehead atoms. The maximum atomic E-state index is 11.8. The second-order valence-electron chi connectivity index (χ2n) is 4.61. The first-order chi connectivity index (χ1) is 8.43. The monoisotopic (exact) mass is 252 g/mol. The maximum Gasteiger partial charge on any atom is 0.241 e. The molecule has 100 valence electrons. The van der Waals surface area contributed by atoms with Crippen molar-refractivity contribution in [1.29, 1.82) is 0 Å². The molecule has 0 aliphatic carbocycles. The normalized spacial score (nSPS) is 12.3. The first-order valence-corrected chi connectivity index (χ1v) is 5.87. The minimum absolute atomic E-state index is 0.0206. The molecule has 0 aliphatic rings. The van der Waals surface area contributed by atoms with Gasteiger partial charge in [-0.3, -0.25) is 4.79 Å². The third-order valence-electron chi connectivity index (χ3n) is 2.51. The van der Waals surface area contributed by atoms with E-state index in [0.717, 1.165) is 0 Å². The lowest BCUT2D eigenvalue weighted by molar-refractivity contribution is -0.117. The molecule has 1 rings (SSSR count). The highest BCUT2D eigenvalue weighted by atomic mass is 16.5. The number of ether oxygens (including phenoxy) is 1. The molecule has 4 N–H and O–H groups in total. The molecule has 1 aromatic rings. The molecule has 5 heteroatoms. The zero-order valence-electron chi connectivity index (χ0n) is 10.9. The van der Waals surface area contributed by atoms with Crippen LogP contribution in [0.1, 0.15) is 20.3 Å². The van der Waals surface area contributed by atoms with Gasteiger partial charge in [-0.05, 0) is 24.5 Å². The molecule has 0 spiro atoms. The second-order valence-corrected chi connectivity index (χ2v) is 4.61. The predicted octanol–water partition coefficient (Wildman–Crippen LogP) is 1.71. The fraction of sp³-hybridized carbons (Fsp3) is 0.462. The van der Waals surface area contributed by atoms with Gasteiger partial charge in [-0.15, -0.1) is 0 Å². The van der Waals surface area contributed by atoms with E-state index < -0.39 is 6.04 Å². The van der Waals surface area contributed by atoms with E-state index in [0.29, 0.717) is 23.8 Å². The van der Waals surface area contributed by atoms with E-state index >= 15 is 0 Å². The quantitative estimate of drug-likeness (QED) is 0.744. The Kier molecular flexibility index (Phi) is 4.97. The van der Waals surface area contributed by atoms with Crippen molar-refractivity contribution in [2.24, 2.45) is 11.7 Å². The van der Waals surface area contributed by atoms with Crippen LogP contribution in [0.15, 0.2) is 18.2 Å². The molecule has 0 radical (unpaired) electrons. The van der Waals surface area contributed by atoms with Crippen molar-refractivity contribution in [1.82, 2.24) is 0 Å². The highest BCUT2D eigenvalue weighted by molar-refractivity contribution is 5.94. The van der Waals surface area contributed by atoms with Crippen molar-refractivity contribution >= 4 is 11.6 Å². The molecule has 1 atom stereocenters. The van der Waals surface area contributed by atoms with Gasteiger partial charge in [0.05, 0.1) is 13.2 Å². The number of phenolic OH excluding ortho intramolecular Hbond substituents is 1. The number of methoxy groups -OCH3 is 1. The standard InChI is InChI=1S/C13H20N2O3/c1-8(2)6-10(14)13(17)15-9-4-5-12(18-3)11(16)7-9/h4-5,7-8,10,16H,6,14H2,1-3H3,(H,15,17)/t10-/m0/s1. The molecular weight excluding hydrogens is 232 g/mol. The van der Waals surface area contributed by atoms with Crippen molar-refractivity contribution in [2.75, 3.05) is 12.4 Å². The van der Waals surface area contributed by atoms with Crippen LogP contribution in [0.25, 0.3) is 0 Å². The van der Waals surface area contributed by atoms with Crippen LogP contribution >= 0.6 is 0 Å². The number of phenols is 1. The minimum Gasteiger partial charge on any atom is -0.504 e. The molecule has 18 heavy (non-hydrogen) atoms. The van der Waals surface area contributed by atoms with Crippen LogP contribution in [-0.2, 0) is 4.79 Å². The van der Waals surface area contributed by atoms with Crippen molar-refractivity contribution in [3.05, 3.63) is 18.2 Å². The third kappa shape index (κ3) is 3.92. The highest BCUT2D eigenvalue weighted by Gasteiger charge is 2.15. The smallest absolute Gasteiger partial charge is 0.241 e. The third-order valence-corrected chi connectivity index (χ3v) is 2.51. The summed E-state index contributed by atoms with van der Waals surface area (Å²) in [7, 11) is 1.46. The van der Waals surface area contributed by atoms with Gasteiger partial charge in [-0.2, -0.15) is 0 Å². The summed E-state index contributed by atoms with van der Waals surface area (Å²) in [6.45, 7) is 4.01. The summed E-state index contributed by atoms with van der Waals surface area (Å²) >= 11 is 0. The van der Waals surface area contributed by atoms with Crippen LogP contribution in [0.3, 0.4) is 0 Å². The molecule has 0 saturated heterocycles. The van der Waals surface area contributed by atoms with Crippen LogP contribution < -0.4 is 15.8 Å². The van der Waals surface area contributed by atoms with Gasteiger partial charge in [0.15, 0.2) is 11.5 Å². The van der Waals surface area contributed by atoms with Gasteiger partial charge in [0.25, 0.3) is 0 Å². The molecule has 0 fully saturated rings. The Labute approximate surface area is 107 Å². The fourth-order valence-electron chi connectivity index (χ4n) is 1.62.